The summed E-state index contributed by atoms with van der Waals surface area (Å²) in [5, 5.41) is 3.27. The maximum atomic E-state index is 3.47. The summed E-state index contributed by atoms with van der Waals surface area (Å²) in [6, 6.07) is 8.65. The number of rotatable bonds is 4. The van der Waals surface area contributed by atoms with Gasteiger partial charge in [-0.2, -0.15) is 0 Å². The third-order valence-corrected chi connectivity index (χ3v) is 3.71. The summed E-state index contributed by atoms with van der Waals surface area (Å²) in [5.74, 6) is 0.834. The summed E-state index contributed by atoms with van der Waals surface area (Å²) in [4.78, 5) is 2.55. The highest BCUT2D eigenvalue weighted by Gasteiger charge is 2.21. The van der Waals surface area contributed by atoms with Crippen LogP contribution in [0.15, 0.2) is 28.7 Å². The van der Waals surface area contributed by atoms with Crippen molar-refractivity contribution in [3.8, 4) is 0 Å². The number of halogens is 2. The van der Waals surface area contributed by atoms with Gasteiger partial charge in [0.15, 0.2) is 0 Å². The minimum Gasteiger partial charge on any atom is -0.319 e. The van der Waals surface area contributed by atoms with Crippen LogP contribution in [0.2, 0.25) is 0 Å². The van der Waals surface area contributed by atoms with Crippen LogP contribution in [0, 0.1) is 5.92 Å². The quantitative estimate of drug-likeness (QED) is 0.918. The normalized spacial score (nSPS) is 20.2. The van der Waals surface area contributed by atoms with Gasteiger partial charge >= 0.3 is 0 Å². The molecule has 2 rings (SSSR count). The van der Waals surface area contributed by atoms with Crippen LogP contribution in [-0.2, 0) is 6.54 Å². The SMILES string of the molecule is CNCC1CCN(Cc2ccc(Br)cc2)C1.Cl. The summed E-state index contributed by atoms with van der Waals surface area (Å²) < 4.78 is 1.16. The standard InChI is InChI=1S/C13H19BrN2.ClH/c1-15-8-12-6-7-16(10-12)9-11-2-4-13(14)5-3-11;/h2-5,12,15H,6-10H2,1H3;1H. The molecule has 0 bridgehead atoms. The highest BCUT2D eigenvalue weighted by Crippen LogP contribution is 2.19. The Hall–Kier alpha value is -0.0900. The second-order valence-corrected chi connectivity index (χ2v) is 5.49. The number of likely N-dealkylation sites (tertiary alicyclic amines) is 1. The third kappa shape index (κ3) is 4.59. The van der Waals surface area contributed by atoms with Crippen molar-refractivity contribution in [1.82, 2.24) is 10.2 Å². The van der Waals surface area contributed by atoms with Gasteiger partial charge in [0, 0.05) is 17.6 Å². The van der Waals surface area contributed by atoms with Gasteiger partial charge in [-0.3, -0.25) is 4.90 Å². The average Bonchev–Trinajstić information content (AvgIpc) is 2.70. The first-order valence-electron chi connectivity index (χ1n) is 5.89. The average molecular weight is 320 g/mol. The minimum atomic E-state index is 0. The molecule has 1 atom stereocenters. The van der Waals surface area contributed by atoms with Crippen molar-refractivity contribution >= 4 is 28.3 Å². The number of nitrogens with one attached hydrogen (secondary N) is 1. The van der Waals surface area contributed by atoms with E-state index in [-0.39, 0.29) is 12.4 Å². The molecular weight excluding hydrogens is 300 g/mol. The minimum absolute atomic E-state index is 0. The molecule has 96 valence electrons. The van der Waals surface area contributed by atoms with Gasteiger partial charge in [0.25, 0.3) is 0 Å². The van der Waals surface area contributed by atoms with Gasteiger partial charge in [-0.15, -0.1) is 12.4 Å². The first kappa shape index (κ1) is 15.0. The molecule has 1 aliphatic rings. The molecular formula is C13H20BrClN2. The topological polar surface area (TPSA) is 15.3 Å². The maximum absolute atomic E-state index is 3.47. The second-order valence-electron chi connectivity index (χ2n) is 4.57. The van der Waals surface area contributed by atoms with Crippen LogP contribution in [0.1, 0.15) is 12.0 Å². The number of hydrogen-bond acceptors (Lipinski definition) is 2. The fraction of sp³-hybridized carbons (Fsp3) is 0.538. The van der Waals surface area contributed by atoms with Crippen LogP contribution < -0.4 is 5.32 Å². The molecule has 2 nitrogen and oxygen atoms in total. The largest absolute Gasteiger partial charge is 0.319 e. The molecule has 0 aromatic heterocycles. The van der Waals surface area contributed by atoms with Crippen molar-refractivity contribution in [3.63, 3.8) is 0 Å². The van der Waals surface area contributed by atoms with Gasteiger partial charge < -0.3 is 5.32 Å². The summed E-state index contributed by atoms with van der Waals surface area (Å²) in [6.07, 6.45) is 1.33. The lowest BCUT2D eigenvalue weighted by atomic mass is 10.1. The zero-order chi connectivity index (χ0) is 11.4. The van der Waals surface area contributed by atoms with E-state index in [1.54, 1.807) is 0 Å². The Morgan fingerprint density at radius 1 is 1.35 bits per heavy atom. The van der Waals surface area contributed by atoms with Gasteiger partial charge in [-0.05, 0) is 50.2 Å². The van der Waals surface area contributed by atoms with Crippen molar-refractivity contribution in [2.75, 3.05) is 26.7 Å². The maximum Gasteiger partial charge on any atom is 0.0233 e. The van der Waals surface area contributed by atoms with E-state index >= 15 is 0 Å². The Labute approximate surface area is 118 Å². The molecule has 17 heavy (non-hydrogen) atoms. The number of nitrogens with zero attached hydrogens (tertiary/aromatic N) is 1. The zero-order valence-electron chi connectivity index (χ0n) is 10.2. The first-order chi connectivity index (χ1) is 7.78. The lowest BCUT2D eigenvalue weighted by Gasteiger charge is -2.16. The van der Waals surface area contributed by atoms with E-state index < -0.39 is 0 Å². The van der Waals surface area contributed by atoms with Crippen LogP contribution in [0.25, 0.3) is 0 Å². The summed E-state index contributed by atoms with van der Waals surface area (Å²) in [7, 11) is 2.04. The van der Waals surface area contributed by atoms with Crippen molar-refractivity contribution in [1.29, 1.82) is 0 Å². The fourth-order valence-electron chi connectivity index (χ4n) is 2.36. The highest BCUT2D eigenvalue weighted by atomic mass is 79.9. The van der Waals surface area contributed by atoms with Gasteiger partial charge in [-0.25, -0.2) is 0 Å². The van der Waals surface area contributed by atoms with Gasteiger partial charge in [-0.1, -0.05) is 28.1 Å². The molecule has 0 amide bonds. The fourth-order valence-corrected chi connectivity index (χ4v) is 2.62. The molecule has 1 heterocycles. The van der Waals surface area contributed by atoms with Crippen LogP contribution >= 0.6 is 28.3 Å². The summed E-state index contributed by atoms with van der Waals surface area (Å²) in [5.41, 5.74) is 1.41. The van der Waals surface area contributed by atoms with Crippen LogP contribution in [-0.4, -0.2) is 31.6 Å². The smallest absolute Gasteiger partial charge is 0.0233 e. The molecule has 1 unspecified atom stereocenters. The van der Waals surface area contributed by atoms with Crippen molar-refractivity contribution in [2.45, 2.75) is 13.0 Å². The van der Waals surface area contributed by atoms with Crippen molar-refractivity contribution in [2.24, 2.45) is 5.92 Å². The van der Waals surface area contributed by atoms with E-state index in [0.29, 0.717) is 0 Å². The molecule has 0 saturated carbocycles. The molecule has 1 saturated heterocycles. The lowest BCUT2D eigenvalue weighted by Crippen LogP contribution is -2.24. The number of benzene rings is 1. The van der Waals surface area contributed by atoms with E-state index in [2.05, 4.69) is 50.4 Å². The Kier molecular flexibility index (Phi) is 6.49. The molecule has 4 heteroatoms. The van der Waals surface area contributed by atoms with E-state index in [1.807, 2.05) is 7.05 Å². The van der Waals surface area contributed by atoms with Crippen LogP contribution in [0.4, 0.5) is 0 Å². The third-order valence-electron chi connectivity index (χ3n) is 3.18. The molecule has 0 aliphatic carbocycles. The van der Waals surface area contributed by atoms with E-state index in [9.17, 15) is 0 Å². The van der Waals surface area contributed by atoms with E-state index in [1.165, 1.54) is 25.1 Å². The Morgan fingerprint density at radius 3 is 2.71 bits per heavy atom. The molecule has 1 aromatic carbocycles. The molecule has 1 N–H and O–H groups in total. The molecule has 1 aliphatic heterocycles. The van der Waals surface area contributed by atoms with Crippen LogP contribution in [0.5, 0.6) is 0 Å². The molecule has 0 spiro atoms. The first-order valence-corrected chi connectivity index (χ1v) is 6.68. The predicted molar refractivity (Wildman–Crippen MR) is 78.7 cm³/mol. The van der Waals surface area contributed by atoms with Crippen LogP contribution in [0.3, 0.4) is 0 Å². The Bertz CT molecular complexity index is 329. The summed E-state index contributed by atoms with van der Waals surface area (Å²) >= 11 is 3.47. The second kappa shape index (κ2) is 7.37. The summed E-state index contributed by atoms with van der Waals surface area (Å²) in [6.45, 7) is 4.71. The number of hydrogen-bond donors (Lipinski definition) is 1. The van der Waals surface area contributed by atoms with Gasteiger partial charge in [0.2, 0.25) is 0 Å². The monoisotopic (exact) mass is 318 g/mol. The molecule has 0 radical (unpaired) electrons. The van der Waals surface area contributed by atoms with E-state index in [4.69, 9.17) is 0 Å². The zero-order valence-corrected chi connectivity index (χ0v) is 12.6. The molecule has 1 fully saturated rings. The highest BCUT2D eigenvalue weighted by molar-refractivity contribution is 9.10. The molecule has 1 aromatic rings. The van der Waals surface area contributed by atoms with Gasteiger partial charge in [0.1, 0.15) is 0 Å². The van der Waals surface area contributed by atoms with E-state index in [0.717, 1.165) is 23.5 Å². The van der Waals surface area contributed by atoms with Gasteiger partial charge in [0.05, 0.1) is 0 Å². The Morgan fingerprint density at radius 2 is 2.06 bits per heavy atom. The van der Waals surface area contributed by atoms with Crippen molar-refractivity contribution in [3.05, 3.63) is 34.3 Å². The van der Waals surface area contributed by atoms with Crippen molar-refractivity contribution < 1.29 is 0 Å². The Balaban J connectivity index is 0.00000144. The predicted octanol–water partition coefficient (Wildman–Crippen LogP) is 2.91. The lowest BCUT2D eigenvalue weighted by molar-refractivity contribution is 0.315.